The summed E-state index contributed by atoms with van der Waals surface area (Å²) in [6, 6.07) is 6.10. The molecule has 1 aromatic heterocycles. The number of para-hydroxylation sites is 2. The van der Waals surface area contributed by atoms with Crippen LogP contribution in [0.3, 0.4) is 0 Å². The molecule has 2 N–H and O–H groups in total. The van der Waals surface area contributed by atoms with Crippen molar-refractivity contribution < 1.29 is 18.4 Å². The second kappa shape index (κ2) is 8.48. The number of fused-ring (bicyclic) bond motifs is 1. The number of aromatic nitrogens is 2. The molecule has 26 heavy (non-hydrogen) atoms. The molecule has 0 saturated heterocycles. The predicted molar refractivity (Wildman–Crippen MR) is 95.3 cm³/mol. The van der Waals surface area contributed by atoms with E-state index < -0.39 is 18.5 Å². The maximum Gasteiger partial charge on any atom is 0.321 e. The van der Waals surface area contributed by atoms with Crippen LogP contribution in [0.15, 0.2) is 29.4 Å². The van der Waals surface area contributed by atoms with Gasteiger partial charge in [-0.1, -0.05) is 43.2 Å². The van der Waals surface area contributed by atoms with E-state index in [1.165, 1.54) is 6.42 Å². The molecule has 1 aliphatic carbocycles. The van der Waals surface area contributed by atoms with E-state index in [4.69, 9.17) is 0 Å². The molecule has 6 nitrogen and oxygen atoms in total. The van der Waals surface area contributed by atoms with Gasteiger partial charge in [0.15, 0.2) is 5.16 Å². The summed E-state index contributed by atoms with van der Waals surface area (Å²) >= 11 is 0.877. The molecule has 0 radical (unpaired) electrons. The second-order valence-electron chi connectivity index (χ2n) is 6.18. The van der Waals surface area contributed by atoms with Crippen LogP contribution in [0.25, 0.3) is 11.0 Å². The lowest BCUT2D eigenvalue weighted by molar-refractivity contribution is -0.117. The SMILES string of the molecule is O=C(CSc1nc2ccccc2n1C(F)F)NC(=O)NC1CCCCC1. The topological polar surface area (TPSA) is 76.0 Å². The van der Waals surface area contributed by atoms with Crippen molar-refractivity contribution in [3.8, 4) is 0 Å². The van der Waals surface area contributed by atoms with Gasteiger partial charge in [-0.2, -0.15) is 8.78 Å². The Balaban J connectivity index is 1.56. The largest absolute Gasteiger partial charge is 0.335 e. The summed E-state index contributed by atoms with van der Waals surface area (Å²) in [4.78, 5) is 27.9. The van der Waals surface area contributed by atoms with Gasteiger partial charge in [0.2, 0.25) is 5.91 Å². The van der Waals surface area contributed by atoms with Gasteiger partial charge in [-0.3, -0.25) is 14.7 Å². The first-order valence-electron chi connectivity index (χ1n) is 8.53. The van der Waals surface area contributed by atoms with Crippen LogP contribution in [-0.2, 0) is 4.79 Å². The van der Waals surface area contributed by atoms with Crippen LogP contribution in [0.4, 0.5) is 13.6 Å². The Morgan fingerprint density at radius 3 is 2.69 bits per heavy atom. The van der Waals surface area contributed by atoms with Gasteiger partial charge in [-0.25, -0.2) is 9.78 Å². The van der Waals surface area contributed by atoms with Crippen molar-refractivity contribution in [2.24, 2.45) is 0 Å². The highest BCUT2D eigenvalue weighted by Crippen LogP contribution is 2.29. The minimum absolute atomic E-state index is 0.0454. The quantitative estimate of drug-likeness (QED) is 0.774. The molecule has 0 aliphatic heterocycles. The molecule has 0 atom stereocenters. The Bertz CT molecular complexity index is 790. The van der Waals surface area contributed by atoms with E-state index in [0.717, 1.165) is 42.0 Å². The molecular weight excluding hydrogens is 362 g/mol. The molecule has 1 heterocycles. The summed E-state index contributed by atoms with van der Waals surface area (Å²) in [5, 5.41) is 5.07. The van der Waals surface area contributed by atoms with Gasteiger partial charge < -0.3 is 5.32 Å². The summed E-state index contributed by atoms with van der Waals surface area (Å²) < 4.78 is 27.4. The van der Waals surface area contributed by atoms with Gasteiger partial charge in [0.05, 0.1) is 16.8 Å². The number of hydrogen-bond acceptors (Lipinski definition) is 4. The summed E-state index contributed by atoms with van der Waals surface area (Å²) in [7, 11) is 0. The first-order chi connectivity index (χ1) is 12.5. The number of imide groups is 1. The predicted octanol–water partition coefficient (Wildman–Crippen LogP) is 3.68. The minimum Gasteiger partial charge on any atom is -0.335 e. The molecule has 9 heteroatoms. The zero-order valence-electron chi connectivity index (χ0n) is 14.1. The number of hydrogen-bond donors (Lipinski definition) is 2. The number of carbonyl (C=O) groups excluding carboxylic acids is 2. The zero-order valence-corrected chi connectivity index (χ0v) is 14.9. The lowest BCUT2D eigenvalue weighted by Gasteiger charge is -2.22. The van der Waals surface area contributed by atoms with E-state index in [1.54, 1.807) is 24.3 Å². The molecule has 0 spiro atoms. The lowest BCUT2D eigenvalue weighted by Crippen LogP contribution is -2.45. The number of amides is 3. The maximum atomic E-state index is 13.3. The summed E-state index contributed by atoms with van der Waals surface area (Å²) in [5.74, 6) is -0.718. The van der Waals surface area contributed by atoms with E-state index in [2.05, 4.69) is 15.6 Å². The van der Waals surface area contributed by atoms with Crippen LogP contribution < -0.4 is 10.6 Å². The zero-order chi connectivity index (χ0) is 18.5. The van der Waals surface area contributed by atoms with Gasteiger partial charge in [-0.15, -0.1) is 0 Å². The Morgan fingerprint density at radius 1 is 1.23 bits per heavy atom. The molecule has 3 rings (SSSR count). The maximum absolute atomic E-state index is 13.3. The third kappa shape index (κ3) is 4.51. The number of rotatable bonds is 5. The van der Waals surface area contributed by atoms with Gasteiger partial charge in [0.1, 0.15) is 0 Å². The monoisotopic (exact) mass is 382 g/mol. The average Bonchev–Trinajstić information content (AvgIpc) is 2.99. The van der Waals surface area contributed by atoms with Crippen LogP contribution >= 0.6 is 11.8 Å². The van der Waals surface area contributed by atoms with E-state index in [0.29, 0.717) is 11.0 Å². The van der Waals surface area contributed by atoms with Crippen LogP contribution in [0.5, 0.6) is 0 Å². The minimum atomic E-state index is -2.76. The Hall–Kier alpha value is -2.16. The number of benzene rings is 1. The van der Waals surface area contributed by atoms with Crippen molar-refractivity contribution >= 4 is 34.7 Å². The van der Waals surface area contributed by atoms with Gasteiger partial charge >= 0.3 is 12.6 Å². The number of alkyl halides is 2. The van der Waals surface area contributed by atoms with Gasteiger partial charge in [-0.05, 0) is 25.0 Å². The van der Waals surface area contributed by atoms with E-state index >= 15 is 0 Å². The van der Waals surface area contributed by atoms with Crippen molar-refractivity contribution in [3.05, 3.63) is 24.3 Å². The molecule has 1 aliphatic rings. The average molecular weight is 382 g/mol. The number of urea groups is 1. The van der Waals surface area contributed by atoms with Crippen molar-refractivity contribution in [1.29, 1.82) is 0 Å². The smallest absolute Gasteiger partial charge is 0.321 e. The molecule has 0 bridgehead atoms. The van der Waals surface area contributed by atoms with Crippen LogP contribution in [-0.4, -0.2) is 33.3 Å². The first kappa shape index (κ1) is 18.6. The molecule has 2 aromatic rings. The van der Waals surface area contributed by atoms with Crippen molar-refractivity contribution in [2.75, 3.05) is 5.75 Å². The van der Waals surface area contributed by atoms with Crippen LogP contribution in [0.2, 0.25) is 0 Å². The summed E-state index contributed by atoms with van der Waals surface area (Å²) in [5.41, 5.74) is 0.742. The Kier molecular flexibility index (Phi) is 6.08. The van der Waals surface area contributed by atoms with Crippen molar-refractivity contribution in [3.63, 3.8) is 0 Å². The fourth-order valence-corrected chi connectivity index (χ4v) is 3.89. The highest BCUT2D eigenvalue weighted by molar-refractivity contribution is 7.99. The highest BCUT2D eigenvalue weighted by Gasteiger charge is 2.20. The fourth-order valence-electron chi connectivity index (χ4n) is 3.07. The summed E-state index contributed by atoms with van der Waals surface area (Å²) in [6.07, 6.45) is 5.13. The number of imidazole rings is 1. The van der Waals surface area contributed by atoms with Crippen LogP contribution in [0, 0.1) is 0 Å². The van der Waals surface area contributed by atoms with Gasteiger partial charge in [0, 0.05) is 6.04 Å². The molecule has 140 valence electrons. The molecule has 3 amide bonds. The third-order valence-electron chi connectivity index (χ3n) is 4.28. The third-order valence-corrected chi connectivity index (χ3v) is 5.24. The fraction of sp³-hybridized carbons (Fsp3) is 0.471. The summed E-state index contributed by atoms with van der Waals surface area (Å²) in [6.45, 7) is -2.76. The Labute approximate surface area is 153 Å². The van der Waals surface area contributed by atoms with Crippen molar-refractivity contribution in [1.82, 2.24) is 20.2 Å². The Morgan fingerprint density at radius 2 is 1.96 bits per heavy atom. The normalized spacial score (nSPS) is 15.3. The number of carbonyl (C=O) groups is 2. The van der Waals surface area contributed by atoms with E-state index in [9.17, 15) is 18.4 Å². The molecular formula is C17H20F2N4O2S. The van der Waals surface area contributed by atoms with Crippen molar-refractivity contribution in [2.45, 2.75) is 49.9 Å². The van der Waals surface area contributed by atoms with E-state index in [-0.39, 0.29) is 17.0 Å². The number of nitrogens with one attached hydrogen (secondary N) is 2. The van der Waals surface area contributed by atoms with Gasteiger partial charge in [0.25, 0.3) is 0 Å². The first-order valence-corrected chi connectivity index (χ1v) is 9.51. The standard InChI is InChI=1S/C17H20F2N4O2S/c18-15(19)23-13-9-5-4-8-12(13)21-17(23)26-10-14(24)22-16(25)20-11-6-2-1-3-7-11/h4-5,8-9,11,15H,1-3,6-7,10H2,(H2,20,22,24,25). The van der Waals surface area contributed by atoms with E-state index in [1.807, 2.05) is 0 Å². The number of halogens is 2. The molecule has 1 saturated carbocycles. The number of nitrogens with zero attached hydrogens (tertiary/aromatic N) is 2. The second-order valence-corrected chi connectivity index (χ2v) is 7.12. The lowest BCUT2D eigenvalue weighted by atomic mass is 9.96. The molecule has 1 fully saturated rings. The highest BCUT2D eigenvalue weighted by atomic mass is 32.2. The molecule has 0 unspecified atom stereocenters. The number of thioether (sulfide) groups is 1. The molecule has 1 aromatic carbocycles. The van der Waals surface area contributed by atoms with Crippen LogP contribution in [0.1, 0.15) is 38.7 Å².